The van der Waals surface area contributed by atoms with E-state index < -0.39 is 0 Å². The lowest BCUT2D eigenvalue weighted by Crippen LogP contribution is -2.37. The molecule has 2 aromatic carbocycles. The predicted octanol–water partition coefficient (Wildman–Crippen LogP) is 4.50. The highest BCUT2D eigenvalue weighted by Gasteiger charge is 2.21. The van der Waals surface area contributed by atoms with Gasteiger partial charge in [-0.05, 0) is 38.5 Å². The Labute approximate surface area is 182 Å². The van der Waals surface area contributed by atoms with E-state index in [0.29, 0.717) is 18.8 Å². The molecule has 0 N–H and O–H groups in total. The van der Waals surface area contributed by atoms with E-state index in [9.17, 15) is 4.79 Å². The normalized spacial score (nSPS) is 11.0. The van der Waals surface area contributed by atoms with E-state index in [1.807, 2.05) is 84.8 Å². The Morgan fingerprint density at radius 3 is 2.47 bits per heavy atom. The van der Waals surface area contributed by atoms with Crippen molar-refractivity contribution in [2.24, 2.45) is 0 Å². The molecule has 158 valence electrons. The third-order valence-corrected chi connectivity index (χ3v) is 5.80. The maximum absolute atomic E-state index is 13.0. The monoisotopic (exact) mass is 424 g/mol. The molecule has 0 unspecified atom stereocenters. The van der Waals surface area contributed by atoms with Gasteiger partial charge in [0.25, 0.3) is 0 Å². The van der Waals surface area contributed by atoms with E-state index in [4.69, 9.17) is 4.74 Å². The van der Waals surface area contributed by atoms with Crippen LogP contribution in [0.1, 0.15) is 26.3 Å². The van der Waals surface area contributed by atoms with Crippen molar-refractivity contribution < 1.29 is 9.53 Å². The largest absolute Gasteiger partial charge is 0.496 e. The van der Waals surface area contributed by atoms with Crippen LogP contribution in [0.3, 0.4) is 0 Å². The summed E-state index contributed by atoms with van der Waals surface area (Å²) in [5.74, 6) is 1.90. The highest BCUT2D eigenvalue weighted by atomic mass is 32.2. The number of thioether (sulfide) groups is 1. The lowest BCUT2D eigenvalue weighted by atomic mass is 10.2. The maximum Gasteiger partial charge on any atom is 0.233 e. The fourth-order valence-electron chi connectivity index (χ4n) is 3.26. The zero-order valence-electron chi connectivity index (χ0n) is 17.9. The van der Waals surface area contributed by atoms with Crippen LogP contribution in [0.25, 0.3) is 11.4 Å². The van der Waals surface area contributed by atoms with Gasteiger partial charge in [0.2, 0.25) is 5.91 Å². The molecule has 0 aliphatic heterocycles. The first-order valence-electron chi connectivity index (χ1n) is 10.1. The minimum Gasteiger partial charge on any atom is -0.496 e. The van der Waals surface area contributed by atoms with Gasteiger partial charge in [0, 0.05) is 19.1 Å². The first-order valence-corrected chi connectivity index (χ1v) is 11.1. The Morgan fingerprint density at radius 1 is 1.10 bits per heavy atom. The van der Waals surface area contributed by atoms with Crippen molar-refractivity contribution >= 4 is 17.7 Å². The minimum atomic E-state index is 0.0864. The summed E-state index contributed by atoms with van der Waals surface area (Å²) in [5.41, 5.74) is 2.01. The molecule has 0 saturated carbocycles. The molecule has 3 aromatic rings. The van der Waals surface area contributed by atoms with Crippen LogP contribution in [0, 0.1) is 0 Å². The fourth-order valence-corrected chi connectivity index (χ4v) is 4.15. The topological polar surface area (TPSA) is 60.2 Å². The van der Waals surface area contributed by atoms with E-state index >= 15 is 0 Å². The SMILES string of the molecule is CCn1c(SCC(=O)N(Cc2ccccc2)C(C)C)nnc1-c1ccccc1OC. The van der Waals surface area contributed by atoms with Crippen molar-refractivity contribution in [1.82, 2.24) is 19.7 Å². The second kappa shape index (κ2) is 10.3. The van der Waals surface area contributed by atoms with E-state index in [1.54, 1.807) is 7.11 Å². The van der Waals surface area contributed by atoms with E-state index in [0.717, 1.165) is 27.9 Å². The molecule has 1 aromatic heterocycles. The molecule has 1 heterocycles. The summed E-state index contributed by atoms with van der Waals surface area (Å²) in [6.07, 6.45) is 0. The van der Waals surface area contributed by atoms with Gasteiger partial charge in [0.1, 0.15) is 5.75 Å². The summed E-state index contributed by atoms with van der Waals surface area (Å²) in [7, 11) is 1.65. The third-order valence-electron chi connectivity index (χ3n) is 4.85. The van der Waals surface area contributed by atoms with Gasteiger partial charge in [-0.2, -0.15) is 0 Å². The van der Waals surface area contributed by atoms with Crippen LogP contribution in [0.2, 0.25) is 0 Å². The van der Waals surface area contributed by atoms with Crippen molar-refractivity contribution in [2.45, 2.75) is 45.1 Å². The second-order valence-corrected chi connectivity index (χ2v) is 8.08. The number of rotatable bonds is 9. The zero-order chi connectivity index (χ0) is 21.5. The van der Waals surface area contributed by atoms with Gasteiger partial charge < -0.3 is 14.2 Å². The van der Waals surface area contributed by atoms with E-state index in [2.05, 4.69) is 10.2 Å². The predicted molar refractivity (Wildman–Crippen MR) is 121 cm³/mol. The van der Waals surface area contributed by atoms with Crippen LogP contribution in [-0.2, 0) is 17.9 Å². The van der Waals surface area contributed by atoms with Crippen molar-refractivity contribution in [3.05, 3.63) is 60.2 Å². The molecule has 0 aliphatic rings. The highest BCUT2D eigenvalue weighted by molar-refractivity contribution is 7.99. The number of carbonyl (C=O) groups is 1. The molecule has 0 aliphatic carbocycles. The quantitative estimate of drug-likeness (QED) is 0.473. The maximum atomic E-state index is 13.0. The standard InChI is InChI=1S/C23H28N4O2S/c1-5-26-22(19-13-9-10-14-20(19)29-4)24-25-23(26)30-16-21(28)27(17(2)3)15-18-11-7-6-8-12-18/h6-14,17H,5,15-16H2,1-4H3. The first kappa shape index (κ1) is 21.9. The molecule has 0 bridgehead atoms. The van der Waals surface area contributed by atoms with Gasteiger partial charge in [0.05, 0.1) is 18.4 Å². The Balaban J connectivity index is 1.75. The molecular formula is C23H28N4O2S. The number of hydrogen-bond donors (Lipinski definition) is 0. The Bertz CT molecular complexity index is 972. The number of hydrogen-bond acceptors (Lipinski definition) is 5. The van der Waals surface area contributed by atoms with Crippen molar-refractivity contribution in [3.63, 3.8) is 0 Å². The van der Waals surface area contributed by atoms with Gasteiger partial charge >= 0.3 is 0 Å². The van der Waals surface area contributed by atoms with Crippen molar-refractivity contribution in [3.8, 4) is 17.1 Å². The molecule has 0 saturated heterocycles. The Kier molecular flexibility index (Phi) is 7.52. The lowest BCUT2D eigenvalue weighted by molar-refractivity contribution is -0.130. The van der Waals surface area contributed by atoms with E-state index in [-0.39, 0.29) is 11.9 Å². The molecule has 7 heteroatoms. The molecule has 1 amide bonds. The van der Waals surface area contributed by atoms with E-state index in [1.165, 1.54) is 11.8 Å². The average Bonchev–Trinajstić information content (AvgIpc) is 3.19. The van der Waals surface area contributed by atoms with Crippen LogP contribution >= 0.6 is 11.8 Å². The number of ether oxygens (including phenoxy) is 1. The summed E-state index contributed by atoms with van der Waals surface area (Å²) < 4.78 is 7.49. The lowest BCUT2D eigenvalue weighted by Gasteiger charge is -2.26. The number of amides is 1. The van der Waals surface area contributed by atoms with Gasteiger partial charge in [-0.15, -0.1) is 10.2 Å². The van der Waals surface area contributed by atoms with Crippen LogP contribution < -0.4 is 4.74 Å². The van der Waals surface area contributed by atoms with Crippen molar-refractivity contribution in [1.29, 1.82) is 0 Å². The highest BCUT2D eigenvalue weighted by Crippen LogP contribution is 2.31. The Morgan fingerprint density at radius 2 is 1.80 bits per heavy atom. The Hall–Kier alpha value is -2.80. The van der Waals surface area contributed by atoms with Gasteiger partial charge in [-0.1, -0.05) is 54.2 Å². The van der Waals surface area contributed by atoms with Crippen LogP contribution in [0.5, 0.6) is 5.75 Å². The summed E-state index contributed by atoms with van der Waals surface area (Å²) in [6.45, 7) is 7.43. The zero-order valence-corrected chi connectivity index (χ0v) is 18.7. The average molecular weight is 425 g/mol. The molecule has 6 nitrogen and oxygen atoms in total. The summed E-state index contributed by atoms with van der Waals surface area (Å²) in [6, 6.07) is 17.9. The number of aromatic nitrogens is 3. The second-order valence-electron chi connectivity index (χ2n) is 7.14. The summed E-state index contributed by atoms with van der Waals surface area (Å²) >= 11 is 1.42. The summed E-state index contributed by atoms with van der Waals surface area (Å²) in [5, 5.41) is 9.46. The number of methoxy groups -OCH3 is 1. The number of para-hydroxylation sites is 1. The number of benzene rings is 2. The van der Waals surface area contributed by atoms with Crippen molar-refractivity contribution in [2.75, 3.05) is 12.9 Å². The molecule has 0 radical (unpaired) electrons. The smallest absolute Gasteiger partial charge is 0.233 e. The minimum absolute atomic E-state index is 0.0864. The van der Waals surface area contributed by atoms with Crippen LogP contribution in [-0.4, -0.2) is 44.5 Å². The fraction of sp³-hybridized carbons (Fsp3) is 0.348. The van der Waals surface area contributed by atoms with Gasteiger partial charge in [-0.25, -0.2) is 0 Å². The van der Waals surface area contributed by atoms with Gasteiger partial charge in [0.15, 0.2) is 11.0 Å². The molecule has 0 atom stereocenters. The molecular weight excluding hydrogens is 396 g/mol. The number of nitrogens with zero attached hydrogens (tertiary/aromatic N) is 4. The number of carbonyl (C=O) groups excluding carboxylic acids is 1. The first-order chi connectivity index (χ1) is 14.5. The molecule has 0 fully saturated rings. The van der Waals surface area contributed by atoms with Crippen LogP contribution in [0.15, 0.2) is 59.8 Å². The molecule has 30 heavy (non-hydrogen) atoms. The van der Waals surface area contributed by atoms with Crippen LogP contribution in [0.4, 0.5) is 0 Å². The molecule has 3 rings (SSSR count). The molecule has 0 spiro atoms. The summed E-state index contributed by atoms with van der Waals surface area (Å²) in [4.78, 5) is 14.9. The third kappa shape index (κ3) is 5.02. The van der Waals surface area contributed by atoms with Gasteiger partial charge in [-0.3, -0.25) is 4.79 Å².